The Kier molecular flexibility index (Phi) is 4.84. The molecule has 6 heteroatoms. The van der Waals surface area contributed by atoms with E-state index in [1.807, 2.05) is 6.26 Å². The molecule has 0 aliphatic carbocycles. The van der Waals surface area contributed by atoms with Crippen molar-refractivity contribution in [2.24, 2.45) is 0 Å². The van der Waals surface area contributed by atoms with E-state index in [0.717, 1.165) is 5.75 Å². The second kappa shape index (κ2) is 5.92. The lowest BCUT2D eigenvalue weighted by Gasteiger charge is -2.15. The molecular weight excluding hydrogens is 234 g/mol. The molecule has 0 unspecified atom stereocenters. The normalized spacial score (nSPS) is 10.1. The van der Waals surface area contributed by atoms with Crippen molar-refractivity contribution in [1.29, 1.82) is 0 Å². The van der Waals surface area contributed by atoms with Crippen LogP contribution in [0.15, 0.2) is 12.4 Å². The average molecular weight is 246 g/mol. The first-order chi connectivity index (χ1) is 7.15. The number of carbonyl (C=O) groups is 1. The van der Waals surface area contributed by atoms with Gasteiger partial charge in [0.25, 0.3) is 5.91 Å². The molecule has 0 spiro atoms. The number of rotatable bonds is 4. The third-order valence-electron chi connectivity index (χ3n) is 1.82. The van der Waals surface area contributed by atoms with Crippen molar-refractivity contribution >= 4 is 29.3 Å². The molecule has 15 heavy (non-hydrogen) atoms. The van der Waals surface area contributed by atoms with Crippen molar-refractivity contribution in [3.63, 3.8) is 0 Å². The Hall–Kier alpha value is -0.810. The first-order valence-electron chi connectivity index (χ1n) is 4.37. The van der Waals surface area contributed by atoms with Crippen molar-refractivity contribution in [2.75, 3.05) is 25.6 Å². The number of aromatic nitrogens is 2. The lowest BCUT2D eigenvalue weighted by molar-refractivity contribution is 0.0797. The summed E-state index contributed by atoms with van der Waals surface area (Å²) in [4.78, 5) is 21.1. The van der Waals surface area contributed by atoms with Gasteiger partial charge in [-0.3, -0.25) is 4.79 Å². The number of halogens is 1. The maximum Gasteiger partial charge on any atom is 0.273 e. The molecule has 0 aromatic carbocycles. The van der Waals surface area contributed by atoms with E-state index in [-0.39, 0.29) is 5.91 Å². The standard InChI is InChI=1S/C9H12ClN3OS/c1-13(3-4-15-2)9(14)7-5-12-8(10)6-11-7/h5-6H,3-4H2,1-2H3. The van der Waals surface area contributed by atoms with E-state index in [1.165, 1.54) is 12.4 Å². The van der Waals surface area contributed by atoms with Crippen LogP contribution in [0.2, 0.25) is 5.15 Å². The van der Waals surface area contributed by atoms with E-state index < -0.39 is 0 Å². The maximum absolute atomic E-state index is 11.7. The third-order valence-corrected chi connectivity index (χ3v) is 2.60. The fraction of sp³-hybridized carbons (Fsp3) is 0.444. The number of hydrogen-bond acceptors (Lipinski definition) is 4. The van der Waals surface area contributed by atoms with Gasteiger partial charge in [0.2, 0.25) is 0 Å². The second-order valence-corrected chi connectivity index (χ2v) is 4.32. The smallest absolute Gasteiger partial charge is 0.273 e. The minimum atomic E-state index is -0.131. The van der Waals surface area contributed by atoms with Crippen molar-refractivity contribution in [1.82, 2.24) is 14.9 Å². The van der Waals surface area contributed by atoms with Gasteiger partial charge in [-0.15, -0.1) is 0 Å². The molecule has 1 aromatic rings. The first kappa shape index (κ1) is 12.3. The highest BCUT2D eigenvalue weighted by molar-refractivity contribution is 7.98. The van der Waals surface area contributed by atoms with E-state index in [2.05, 4.69) is 9.97 Å². The molecule has 1 rings (SSSR count). The Morgan fingerprint density at radius 1 is 1.53 bits per heavy atom. The van der Waals surface area contributed by atoms with Gasteiger partial charge >= 0.3 is 0 Å². The molecule has 82 valence electrons. The summed E-state index contributed by atoms with van der Waals surface area (Å²) in [5, 5.41) is 0.290. The minimum Gasteiger partial charge on any atom is -0.339 e. The van der Waals surface area contributed by atoms with E-state index in [0.29, 0.717) is 17.4 Å². The third kappa shape index (κ3) is 3.68. The lowest BCUT2D eigenvalue weighted by atomic mass is 10.4. The van der Waals surface area contributed by atoms with Gasteiger partial charge in [-0.25, -0.2) is 9.97 Å². The summed E-state index contributed by atoms with van der Waals surface area (Å²) < 4.78 is 0. The van der Waals surface area contributed by atoms with Crippen molar-refractivity contribution < 1.29 is 4.79 Å². The maximum atomic E-state index is 11.7. The van der Waals surface area contributed by atoms with E-state index >= 15 is 0 Å². The van der Waals surface area contributed by atoms with Crippen LogP contribution in [-0.4, -0.2) is 46.4 Å². The fourth-order valence-corrected chi connectivity index (χ4v) is 1.50. The Balaban J connectivity index is 2.63. The lowest BCUT2D eigenvalue weighted by Crippen LogP contribution is -2.29. The van der Waals surface area contributed by atoms with Crippen LogP contribution >= 0.6 is 23.4 Å². The van der Waals surface area contributed by atoms with Gasteiger partial charge in [0, 0.05) is 19.3 Å². The van der Waals surface area contributed by atoms with Crippen LogP contribution in [0.5, 0.6) is 0 Å². The molecule has 1 amide bonds. The summed E-state index contributed by atoms with van der Waals surface area (Å²) >= 11 is 7.27. The van der Waals surface area contributed by atoms with Crippen molar-refractivity contribution in [3.8, 4) is 0 Å². The second-order valence-electron chi connectivity index (χ2n) is 2.94. The van der Waals surface area contributed by atoms with Crippen LogP contribution in [0.4, 0.5) is 0 Å². The van der Waals surface area contributed by atoms with Gasteiger partial charge in [0.05, 0.1) is 12.4 Å². The molecule has 0 atom stereocenters. The zero-order valence-electron chi connectivity index (χ0n) is 8.61. The molecule has 1 heterocycles. The Morgan fingerprint density at radius 3 is 2.80 bits per heavy atom. The first-order valence-corrected chi connectivity index (χ1v) is 6.14. The van der Waals surface area contributed by atoms with Crippen LogP contribution in [-0.2, 0) is 0 Å². The fourth-order valence-electron chi connectivity index (χ4n) is 0.948. The molecule has 0 saturated carbocycles. The van der Waals surface area contributed by atoms with E-state index in [4.69, 9.17) is 11.6 Å². The number of nitrogens with zero attached hydrogens (tertiary/aromatic N) is 3. The van der Waals surface area contributed by atoms with Crippen LogP contribution in [0.25, 0.3) is 0 Å². The Morgan fingerprint density at radius 2 is 2.27 bits per heavy atom. The molecule has 0 aliphatic heterocycles. The van der Waals surface area contributed by atoms with Crippen LogP contribution in [0.3, 0.4) is 0 Å². The molecule has 0 radical (unpaired) electrons. The van der Waals surface area contributed by atoms with Crippen LogP contribution < -0.4 is 0 Å². The van der Waals surface area contributed by atoms with E-state index in [1.54, 1.807) is 23.7 Å². The summed E-state index contributed by atoms with van der Waals surface area (Å²) in [7, 11) is 1.74. The quantitative estimate of drug-likeness (QED) is 0.808. The molecule has 0 bridgehead atoms. The predicted molar refractivity (Wildman–Crippen MR) is 62.4 cm³/mol. The number of carbonyl (C=O) groups excluding carboxylic acids is 1. The van der Waals surface area contributed by atoms with E-state index in [9.17, 15) is 4.79 Å². The topological polar surface area (TPSA) is 46.1 Å². The number of hydrogen-bond donors (Lipinski definition) is 0. The minimum absolute atomic E-state index is 0.131. The summed E-state index contributed by atoms with van der Waals surface area (Å²) in [6.07, 6.45) is 4.76. The highest BCUT2D eigenvalue weighted by Gasteiger charge is 2.12. The Bertz CT molecular complexity index is 331. The van der Waals surface area contributed by atoms with Gasteiger partial charge in [-0.2, -0.15) is 11.8 Å². The highest BCUT2D eigenvalue weighted by atomic mass is 35.5. The zero-order chi connectivity index (χ0) is 11.3. The van der Waals surface area contributed by atoms with Crippen LogP contribution in [0, 0.1) is 0 Å². The average Bonchev–Trinajstić information content (AvgIpc) is 2.26. The monoisotopic (exact) mass is 245 g/mol. The summed E-state index contributed by atoms with van der Waals surface area (Å²) in [5.41, 5.74) is 0.322. The van der Waals surface area contributed by atoms with Crippen molar-refractivity contribution in [3.05, 3.63) is 23.2 Å². The molecule has 0 aliphatic rings. The van der Waals surface area contributed by atoms with Gasteiger partial charge in [-0.1, -0.05) is 11.6 Å². The molecule has 4 nitrogen and oxygen atoms in total. The Labute approximate surface area is 98.0 Å². The largest absolute Gasteiger partial charge is 0.339 e. The van der Waals surface area contributed by atoms with Gasteiger partial charge in [0.15, 0.2) is 0 Å². The molecular formula is C9H12ClN3OS. The summed E-state index contributed by atoms with van der Waals surface area (Å²) in [5.74, 6) is 0.775. The zero-order valence-corrected chi connectivity index (χ0v) is 10.2. The van der Waals surface area contributed by atoms with Crippen molar-refractivity contribution in [2.45, 2.75) is 0 Å². The van der Waals surface area contributed by atoms with Gasteiger partial charge in [0.1, 0.15) is 10.8 Å². The molecule has 0 saturated heterocycles. The van der Waals surface area contributed by atoms with Gasteiger partial charge in [-0.05, 0) is 6.26 Å². The molecule has 1 aromatic heterocycles. The number of amides is 1. The summed E-state index contributed by atoms with van der Waals surface area (Å²) in [6, 6.07) is 0. The van der Waals surface area contributed by atoms with Crippen LogP contribution in [0.1, 0.15) is 10.5 Å². The van der Waals surface area contributed by atoms with Gasteiger partial charge < -0.3 is 4.90 Å². The number of thioether (sulfide) groups is 1. The highest BCUT2D eigenvalue weighted by Crippen LogP contribution is 2.04. The SMILES string of the molecule is CSCCN(C)C(=O)c1cnc(Cl)cn1. The summed E-state index contributed by atoms with van der Waals surface area (Å²) in [6.45, 7) is 0.699. The predicted octanol–water partition coefficient (Wildman–Crippen LogP) is 1.56. The molecule has 0 N–H and O–H groups in total. The molecule has 0 fully saturated rings.